The molecule has 1 amide bonds. The van der Waals surface area contributed by atoms with Crippen LogP contribution in [0.2, 0.25) is 5.02 Å². The van der Waals surface area contributed by atoms with Crippen LogP contribution in [0.4, 0.5) is 14.5 Å². The molecule has 1 aromatic heterocycles. The van der Waals surface area contributed by atoms with E-state index in [0.29, 0.717) is 22.0 Å². The average Bonchev–Trinajstić information content (AvgIpc) is 3.12. The maximum absolute atomic E-state index is 13.3. The first kappa shape index (κ1) is 18.2. The van der Waals surface area contributed by atoms with Gasteiger partial charge in [-0.3, -0.25) is 4.79 Å². The van der Waals surface area contributed by atoms with Gasteiger partial charge in [-0.1, -0.05) is 23.7 Å². The van der Waals surface area contributed by atoms with Gasteiger partial charge in [0.2, 0.25) is 0 Å². The van der Waals surface area contributed by atoms with Gasteiger partial charge >= 0.3 is 6.29 Å². The number of amides is 1. The Labute approximate surface area is 163 Å². The number of aryl methyl sites for hydroxylation is 1. The minimum absolute atomic E-state index is 0.0826. The molecule has 0 unspecified atom stereocenters. The van der Waals surface area contributed by atoms with Crippen molar-refractivity contribution in [3.8, 4) is 17.2 Å². The number of nitrogens with zero attached hydrogens (tertiary/aromatic N) is 2. The van der Waals surface area contributed by atoms with Crippen LogP contribution in [0, 0.1) is 13.8 Å². The van der Waals surface area contributed by atoms with Gasteiger partial charge < -0.3 is 14.8 Å². The van der Waals surface area contributed by atoms with E-state index in [4.69, 9.17) is 11.6 Å². The molecule has 0 bridgehead atoms. The number of halogens is 3. The summed E-state index contributed by atoms with van der Waals surface area (Å²) < 4.78 is 37.1. The van der Waals surface area contributed by atoms with Crippen LogP contribution in [0.3, 0.4) is 0 Å². The van der Waals surface area contributed by atoms with Crippen molar-refractivity contribution >= 4 is 23.2 Å². The van der Waals surface area contributed by atoms with E-state index in [1.54, 1.807) is 35.9 Å². The van der Waals surface area contributed by atoms with Gasteiger partial charge in [0, 0.05) is 5.56 Å². The van der Waals surface area contributed by atoms with Crippen molar-refractivity contribution in [2.75, 3.05) is 5.32 Å². The van der Waals surface area contributed by atoms with E-state index in [1.807, 2.05) is 6.92 Å². The first-order valence-corrected chi connectivity index (χ1v) is 8.65. The molecule has 0 atom stereocenters. The monoisotopic (exact) mass is 405 g/mol. The van der Waals surface area contributed by atoms with Crippen LogP contribution in [0.1, 0.15) is 21.7 Å². The highest BCUT2D eigenvalue weighted by Crippen LogP contribution is 2.45. The minimum Gasteiger partial charge on any atom is -0.395 e. The molecule has 144 valence electrons. The van der Waals surface area contributed by atoms with Gasteiger partial charge in [-0.2, -0.15) is 5.10 Å². The van der Waals surface area contributed by atoms with Gasteiger partial charge in [0.1, 0.15) is 0 Å². The molecular formula is C19H14ClF2N3O3. The molecule has 0 saturated heterocycles. The topological polar surface area (TPSA) is 65.4 Å². The lowest BCUT2D eigenvalue weighted by Crippen LogP contribution is -2.26. The third kappa shape index (κ3) is 3.16. The Bertz CT molecular complexity index is 1100. The molecule has 0 spiro atoms. The molecule has 3 aromatic rings. The second kappa shape index (κ2) is 6.49. The van der Waals surface area contributed by atoms with Crippen LogP contribution in [-0.2, 0) is 0 Å². The molecule has 28 heavy (non-hydrogen) atoms. The number of benzene rings is 2. The second-order valence-electron chi connectivity index (χ2n) is 6.20. The zero-order chi connectivity index (χ0) is 20.1. The van der Waals surface area contributed by atoms with Crippen molar-refractivity contribution in [1.29, 1.82) is 0 Å². The van der Waals surface area contributed by atoms with Crippen LogP contribution >= 0.6 is 11.6 Å². The lowest BCUT2D eigenvalue weighted by atomic mass is 10.1. The first-order valence-electron chi connectivity index (χ1n) is 8.27. The Morgan fingerprint density at radius 2 is 1.93 bits per heavy atom. The number of carbonyl (C=O) groups is 1. The number of hydrogen-bond acceptors (Lipinski definition) is 4. The van der Waals surface area contributed by atoms with Crippen molar-refractivity contribution in [3.05, 3.63) is 64.4 Å². The molecule has 9 heteroatoms. The minimum atomic E-state index is -3.77. The number of fused-ring (bicyclic) bond motifs is 1. The lowest BCUT2D eigenvalue weighted by Gasteiger charge is -2.10. The number of rotatable bonds is 3. The van der Waals surface area contributed by atoms with E-state index in [0.717, 1.165) is 5.69 Å². The fraction of sp³-hybridized carbons (Fsp3) is 0.158. The third-order valence-corrected chi connectivity index (χ3v) is 4.78. The predicted molar refractivity (Wildman–Crippen MR) is 98.6 cm³/mol. The third-order valence-electron chi connectivity index (χ3n) is 4.23. The van der Waals surface area contributed by atoms with Gasteiger partial charge in [-0.05, 0) is 44.2 Å². The van der Waals surface area contributed by atoms with E-state index < -0.39 is 12.2 Å². The smallest absolute Gasteiger partial charge is 0.395 e. The highest BCUT2D eigenvalue weighted by molar-refractivity contribution is 6.31. The van der Waals surface area contributed by atoms with Gasteiger partial charge in [0.05, 0.1) is 27.8 Å². The lowest BCUT2D eigenvalue weighted by molar-refractivity contribution is -0.286. The van der Waals surface area contributed by atoms with Crippen molar-refractivity contribution in [2.24, 2.45) is 0 Å². The number of alkyl halides is 2. The Morgan fingerprint density at radius 3 is 2.64 bits per heavy atom. The molecule has 4 rings (SSSR count). The number of anilines is 1. The molecule has 1 aliphatic rings. The Hall–Kier alpha value is -3.13. The van der Waals surface area contributed by atoms with Crippen molar-refractivity contribution in [2.45, 2.75) is 20.1 Å². The average molecular weight is 406 g/mol. The number of ether oxygens (including phenoxy) is 2. The van der Waals surface area contributed by atoms with Crippen LogP contribution in [0.5, 0.6) is 11.5 Å². The second-order valence-corrected chi connectivity index (χ2v) is 6.58. The molecule has 1 N–H and O–H groups in total. The van der Waals surface area contributed by atoms with Gasteiger partial charge in [-0.15, -0.1) is 8.78 Å². The number of hydrogen-bond donors (Lipinski definition) is 1. The first-order chi connectivity index (χ1) is 13.2. The predicted octanol–water partition coefficient (Wildman–Crippen LogP) is 4.72. The Balaban J connectivity index is 1.63. The highest BCUT2D eigenvalue weighted by Gasteiger charge is 2.44. The van der Waals surface area contributed by atoms with Crippen LogP contribution in [0.25, 0.3) is 5.69 Å². The van der Waals surface area contributed by atoms with E-state index >= 15 is 0 Å². The fourth-order valence-corrected chi connectivity index (χ4v) is 3.03. The summed E-state index contributed by atoms with van der Waals surface area (Å²) in [4.78, 5) is 12.7. The maximum Gasteiger partial charge on any atom is 0.586 e. The molecule has 1 aliphatic heterocycles. The van der Waals surface area contributed by atoms with Crippen molar-refractivity contribution < 1.29 is 23.0 Å². The molecule has 6 nitrogen and oxygen atoms in total. The molecular weight excluding hydrogens is 392 g/mol. The van der Waals surface area contributed by atoms with E-state index in [2.05, 4.69) is 19.9 Å². The van der Waals surface area contributed by atoms with Crippen LogP contribution < -0.4 is 14.8 Å². The molecule has 0 saturated carbocycles. The summed E-state index contributed by atoms with van der Waals surface area (Å²) in [7, 11) is 0. The molecule has 0 fully saturated rings. The molecule has 0 radical (unpaired) electrons. The molecule has 2 heterocycles. The maximum atomic E-state index is 13.3. The van der Waals surface area contributed by atoms with E-state index in [9.17, 15) is 13.6 Å². The normalized spacial score (nSPS) is 14.2. The van der Waals surface area contributed by atoms with Crippen molar-refractivity contribution in [3.63, 3.8) is 0 Å². The fourth-order valence-electron chi connectivity index (χ4n) is 2.92. The summed E-state index contributed by atoms with van der Waals surface area (Å²) >= 11 is 6.19. The number of para-hydroxylation sites is 1. The highest BCUT2D eigenvalue weighted by atomic mass is 35.5. The molecule has 0 aliphatic carbocycles. The summed E-state index contributed by atoms with van der Waals surface area (Å²) in [5, 5.41) is 7.48. The van der Waals surface area contributed by atoms with Crippen LogP contribution in [0.15, 0.2) is 42.5 Å². The quantitative estimate of drug-likeness (QED) is 0.685. The summed E-state index contributed by atoms with van der Waals surface area (Å²) in [6, 6.07) is 11.0. The zero-order valence-electron chi connectivity index (χ0n) is 14.8. The van der Waals surface area contributed by atoms with E-state index in [1.165, 1.54) is 18.2 Å². The van der Waals surface area contributed by atoms with Gasteiger partial charge in [0.25, 0.3) is 5.91 Å². The Kier molecular flexibility index (Phi) is 4.23. The van der Waals surface area contributed by atoms with Crippen molar-refractivity contribution in [1.82, 2.24) is 9.78 Å². The largest absolute Gasteiger partial charge is 0.586 e. The van der Waals surface area contributed by atoms with E-state index in [-0.39, 0.29) is 17.2 Å². The zero-order valence-corrected chi connectivity index (χ0v) is 15.6. The molecule has 2 aromatic carbocycles. The van der Waals surface area contributed by atoms with Gasteiger partial charge in [0.15, 0.2) is 11.5 Å². The number of nitrogens with one attached hydrogen (secondary N) is 1. The number of carbonyl (C=O) groups excluding carboxylic acids is 1. The Morgan fingerprint density at radius 1 is 1.18 bits per heavy atom. The summed E-state index contributed by atoms with van der Waals surface area (Å²) in [6.07, 6.45) is -3.77. The number of aromatic nitrogens is 2. The van der Waals surface area contributed by atoms with Gasteiger partial charge in [-0.25, -0.2) is 4.68 Å². The van der Waals surface area contributed by atoms with Crippen LogP contribution in [-0.4, -0.2) is 22.0 Å². The standard InChI is InChI=1S/C19H14ClF2N3O3/c1-10-16(20)11(2)25(24-10)13-6-3-5-12(9-13)18(26)23-14-7-4-8-15-17(14)28-19(21,22)27-15/h3-9H,1-2H3,(H,23,26). The summed E-state index contributed by atoms with van der Waals surface area (Å²) in [6.45, 7) is 3.61. The SMILES string of the molecule is Cc1nn(-c2cccc(C(=O)Nc3cccc4c3OC(F)(F)O4)c2)c(C)c1Cl. The summed E-state index contributed by atoms with van der Waals surface area (Å²) in [5.41, 5.74) is 2.45. The summed E-state index contributed by atoms with van der Waals surface area (Å²) in [5.74, 6) is -0.863.